The summed E-state index contributed by atoms with van der Waals surface area (Å²) in [6.07, 6.45) is 1.60. The maximum Gasteiger partial charge on any atom is 0.321 e. The summed E-state index contributed by atoms with van der Waals surface area (Å²) in [5.74, 6) is 1.76. The number of amides is 2. The predicted molar refractivity (Wildman–Crippen MR) is 139 cm³/mol. The Morgan fingerprint density at radius 1 is 1.00 bits per heavy atom. The van der Waals surface area contributed by atoms with Crippen molar-refractivity contribution >= 4 is 29.1 Å². The zero-order valence-corrected chi connectivity index (χ0v) is 21.1. The molecule has 1 N–H and O–H groups in total. The molecule has 1 aliphatic heterocycles. The summed E-state index contributed by atoms with van der Waals surface area (Å²) in [6.45, 7) is 10.9. The van der Waals surface area contributed by atoms with Crippen LogP contribution in [-0.4, -0.2) is 47.1 Å². The van der Waals surface area contributed by atoms with Crippen LogP contribution in [0.1, 0.15) is 40.7 Å². The number of urea groups is 1. The first-order valence-corrected chi connectivity index (χ1v) is 12.2. The number of aromatic nitrogens is 2. The van der Waals surface area contributed by atoms with Gasteiger partial charge in [0.15, 0.2) is 0 Å². The molecule has 0 bridgehead atoms. The highest BCUT2D eigenvalue weighted by molar-refractivity contribution is 6.30. The number of piperazine rings is 1. The van der Waals surface area contributed by atoms with Crippen LogP contribution in [0, 0.1) is 20.8 Å². The number of halogens is 1. The number of hydrogen-bond donors (Lipinski definition) is 1. The Morgan fingerprint density at radius 2 is 1.71 bits per heavy atom. The predicted octanol–water partition coefficient (Wildman–Crippen LogP) is 5.56. The number of carbonyl (C=O) groups is 1. The molecule has 1 saturated heterocycles. The van der Waals surface area contributed by atoms with Gasteiger partial charge < -0.3 is 15.1 Å². The van der Waals surface area contributed by atoms with Crippen LogP contribution in [-0.2, 0) is 12.8 Å². The molecule has 7 heteroatoms. The monoisotopic (exact) mass is 477 g/mol. The summed E-state index contributed by atoms with van der Waals surface area (Å²) in [5, 5.41) is 3.80. The van der Waals surface area contributed by atoms with Crippen LogP contribution in [0.4, 0.5) is 16.3 Å². The van der Waals surface area contributed by atoms with Gasteiger partial charge >= 0.3 is 6.03 Å². The van der Waals surface area contributed by atoms with Crippen LogP contribution in [0.15, 0.2) is 42.5 Å². The fourth-order valence-corrected chi connectivity index (χ4v) is 4.57. The van der Waals surface area contributed by atoms with Gasteiger partial charge in [0.25, 0.3) is 0 Å². The number of aryl methyl sites for hydroxylation is 4. The molecule has 3 aromatic rings. The van der Waals surface area contributed by atoms with Crippen molar-refractivity contribution < 1.29 is 4.79 Å². The van der Waals surface area contributed by atoms with Crippen LogP contribution in [0.5, 0.6) is 0 Å². The maximum atomic E-state index is 12.9. The standard InChI is InChI=1S/C27H32ClN5O/c1-5-24-23(17-21-7-9-22(28)10-8-21)26(30-20(4)29-24)32-12-14-33(15-13-32)27(34)31-25-11-6-18(2)16-19(25)3/h6-11,16H,5,12-15,17H2,1-4H3,(H,31,34). The van der Waals surface area contributed by atoms with E-state index in [9.17, 15) is 4.79 Å². The molecule has 34 heavy (non-hydrogen) atoms. The Hall–Kier alpha value is -3.12. The van der Waals surface area contributed by atoms with Crippen molar-refractivity contribution in [2.45, 2.75) is 40.5 Å². The summed E-state index contributed by atoms with van der Waals surface area (Å²) in [7, 11) is 0. The van der Waals surface area contributed by atoms with E-state index in [0.717, 1.165) is 65.1 Å². The van der Waals surface area contributed by atoms with E-state index >= 15 is 0 Å². The van der Waals surface area contributed by atoms with E-state index in [2.05, 4.69) is 42.3 Å². The first kappa shape index (κ1) is 24.0. The van der Waals surface area contributed by atoms with E-state index in [1.54, 1.807) is 0 Å². The first-order valence-electron chi connectivity index (χ1n) is 11.8. The topological polar surface area (TPSA) is 61.4 Å². The van der Waals surface area contributed by atoms with Crippen molar-refractivity contribution in [3.8, 4) is 0 Å². The summed E-state index contributed by atoms with van der Waals surface area (Å²) < 4.78 is 0. The second-order valence-corrected chi connectivity index (χ2v) is 9.34. The maximum absolute atomic E-state index is 12.9. The largest absolute Gasteiger partial charge is 0.353 e. The minimum Gasteiger partial charge on any atom is -0.353 e. The number of nitrogens with one attached hydrogen (secondary N) is 1. The Morgan fingerprint density at radius 3 is 2.35 bits per heavy atom. The van der Waals surface area contributed by atoms with Gasteiger partial charge in [0.05, 0.1) is 0 Å². The van der Waals surface area contributed by atoms with E-state index < -0.39 is 0 Å². The summed E-state index contributed by atoms with van der Waals surface area (Å²) in [5.41, 5.74) is 6.53. The average molecular weight is 478 g/mol. The highest BCUT2D eigenvalue weighted by atomic mass is 35.5. The molecule has 2 aromatic carbocycles. The van der Waals surface area contributed by atoms with Gasteiger partial charge in [-0.2, -0.15) is 0 Å². The normalized spacial score (nSPS) is 13.8. The van der Waals surface area contributed by atoms with Gasteiger partial charge in [0.1, 0.15) is 11.6 Å². The first-order chi connectivity index (χ1) is 16.3. The van der Waals surface area contributed by atoms with Gasteiger partial charge in [0, 0.05) is 54.6 Å². The van der Waals surface area contributed by atoms with Crippen molar-refractivity contribution in [2.75, 3.05) is 36.4 Å². The molecule has 2 amide bonds. The van der Waals surface area contributed by atoms with E-state index in [-0.39, 0.29) is 6.03 Å². The van der Waals surface area contributed by atoms with Crippen molar-refractivity contribution in [1.29, 1.82) is 0 Å². The second-order valence-electron chi connectivity index (χ2n) is 8.90. The fraction of sp³-hybridized carbons (Fsp3) is 0.370. The smallest absolute Gasteiger partial charge is 0.321 e. The molecule has 0 spiro atoms. The average Bonchev–Trinajstić information content (AvgIpc) is 2.83. The summed E-state index contributed by atoms with van der Waals surface area (Å²) in [4.78, 5) is 26.6. The number of anilines is 2. The molecule has 6 nitrogen and oxygen atoms in total. The highest BCUT2D eigenvalue weighted by Gasteiger charge is 2.25. The van der Waals surface area contributed by atoms with Crippen LogP contribution in [0.3, 0.4) is 0 Å². The van der Waals surface area contributed by atoms with Crippen LogP contribution >= 0.6 is 11.6 Å². The SMILES string of the molecule is CCc1nc(C)nc(N2CCN(C(=O)Nc3ccc(C)cc3C)CC2)c1Cc1ccc(Cl)cc1. The zero-order chi connectivity index (χ0) is 24.2. The number of benzene rings is 2. The highest BCUT2D eigenvalue weighted by Crippen LogP contribution is 2.27. The fourth-order valence-electron chi connectivity index (χ4n) is 4.45. The quantitative estimate of drug-likeness (QED) is 0.522. The Labute approximate surface area is 207 Å². The molecule has 1 aromatic heterocycles. The lowest BCUT2D eigenvalue weighted by Crippen LogP contribution is -2.50. The third-order valence-corrected chi connectivity index (χ3v) is 6.55. The molecule has 1 aliphatic rings. The Bertz CT molecular complexity index is 1170. The molecule has 2 heterocycles. The molecule has 0 radical (unpaired) electrons. The molecule has 178 valence electrons. The van der Waals surface area contributed by atoms with Crippen molar-refractivity contribution in [3.05, 3.63) is 81.3 Å². The van der Waals surface area contributed by atoms with Crippen molar-refractivity contribution in [2.24, 2.45) is 0 Å². The van der Waals surface area contributed by atoms with Crippen LogP contribution in [0.2, 0.25) is 5.02 Å². The molecule has 0 atom stereocenters. The van der Waals surface area contributed by atoms with Crippen LogP contribution < -0.4 is 10.2 Å². The van der Waals surface area contributed by atoms with Gasteiger partial charge in [-0.1, -0.05) is 48.4 Å². The minimum absolute atomic E-state index is 0.0545. The lowest BCUT2D eigenvalue weighted by atomic mass is 10.0. The third kappa shape index (κ3) is 5.50. The Kier molecular flexibility index (Phi) is 7.37. The molecule has 1 fully saturated rings. The third-order valence-electron chi connectivity index (χ3n) is 6.30. The van der Waals surface area contributed by atoms with E-state index in [1.165, 1.54) is 11.1 Å². The number of rotatable bonds is 5. The van der Waals surface area contributed by atoms with Gasteiger partial charge in [-0.05, 0) is 56.5 Å². The lowest BCUT2D eigenvalue weighted by Gasteiger charge is -2.36. The van der Waals surface area contributed by atoms with Crippen molar-refractivity contribution in [3.63, 3.8) is 0 Å². The molecule has 0 saturated carbocycles. The molecule has 0 unspecified atom stereocenters. The van der Waals surface area contributed by atoms with Gasteiger partial charge in [-0.25, -0.2) is 14.8 Å². The van der Waals surface area contributed by atoms with Gasteiger partial charge in [-0.15, -0.1) is 0 Å². The Balaban J connectivity index is 1.49. The van der Waals surface area contributed by atoms with E-state index in [0.29, 0.717) is 13.1 Å². The number of hydrogen-bond acceptors (Lipinski definition) is 4. The van der Waals surface area contributed by atoms with E-state index in [4.69, 9.17) is 21.6 Å². The van der Waals surface area contributed by atoms with Crippen LogP contribution in [0.25, 0.3) is 0 Å². The summed E-state index contributed by atoms with van der Waals surface area (Å²) in [6, 6.07) is 14.0. The molecule has 4 rings (SSSR count). The second kappa shape index (κ2) is 10.4. The zero-order valence-electron chi connectivity index (χ0n) is 20.4. The lowest BCUT2D eigenvalue weighted by molar-refractivity contribution is 0.208. The minimum atomic E-state index is -0.0545. The number of carbonyl (C=O) groups excluding carboxylic acids is 1. The molecular formula is C27H32ClN5O. The summed E-state index contributed by atoms with van der Waals surface area (Å²) >= 11 is 6.08. The molecule has 0 aliphatic carbocycles. The number of nitrogens with zero attached hydrogens (tertiary/aromatic N) is 4. The van der Waals surface area contributed by atoms with Crippen molar-refractivity contribution in [1.82, 2.24) is 14.9 Å². The van der Waals surface area contributed by atoms with E-state index in [1.807, 2.05) is 43.0 Å². The van der Waals surface area contributed by atoms with Gasteiger partial charge in [-0.3, -0.25) is 0 Å². The van der Waals surface area contributed by atoms with Gasteiger partial charge in [0.2, 0.25) is 0 Å². The molecular weight excluding hydrogens is 446 g/mol.